The highest BCUT2D eigenvalue weighted by Crippen LogP contribution is 2.24. The van der Waals surface area contributed by atoms with Crippen molar-refractivity contribution in [2.45, 2.75) is 144 Å². The van der Waals surface area contributed by atoms with Gasteiger partial charge in [0.1, 0.15) is 13.2 Å². The van der Waals surface area contributed by atoms with E-state index in [0.717, 1.165) is 19.3 Å². The van der Waals surface area contributed by atoms with Crippen molar-refractivity contribution in [2.24, 2.45) is 11.3 Å². The fourth-order valence-electron chi connectivity index (χ4n) is 4.48. The molecule has 1 unspecified atom stereocenters. The molecule has 0 rings (SSSR count). The summed E-state index contributed by atoms with van der Waals surface area (Å²) in [4.78, 5) is 23.4. The summed E-state index contributed by atoms with van der Waals surface area (Å²) in [5.41, 5.74) is 0.207. The summed E-state index contributed by atoms with van der Waals surface area (Å²) < 4.78 is 15.5. The van der Waals surface area contributed by atoms with Crippen molar-refractivity contribution in [2.75, 3.05) is 26.4 Å². The molecule has 0 heterocycles. The lowest BCUT2D eigenvalue weighted by Crippen LogP contribution is -2.22. The van der Waals surface area contributed by atoms with E-state index in [9.17, 15) is 9.59 Å². The number of hydrogen-bond acceptors (Lipinski definition) is 5. The van der Waals surface area contributed by atoms with Crippen LogP contribution in [0, 0.1) is 11.3 Å². The smallest absolute Gasteiger partial charge is 0.332 e. The molecule has 208 valence electrons. The van der Waals surface area contributed by atoms with Gasteiger partial charge in [0.25, 0.3) is 0 Å². The molecule has 0 aliphatic heterocycles. The zero-order valence-electron chi connectivity index (χ0n) is 24.0. The van der Waals surface area contributed by atoms with E-state index >= 15 is 0 Å². The molecule has 0 saturated heterocycles. The van der Waals surface area contributed by atoms with Crippen molar-refractivity contribution in [3.05, 3.63) is 0 Å². The molecule has 0 radical (unpaired) electrons. The molecule has 0 aromatic heterocycles. The fraction of sp³-hybridized carbons (Fsp3) is 0.933. The first-order chi connectivity index (χ1) is 16.7. The highest BCUT2D eigenvalue weighted by atomic mass is 16.6. The van der Waals surface area contributed by atoms with E-state index in [1.165, 1.54) is 89.9 Å². The van der Waals surface area contributed by atoms with Gasteiger partial charge in [-0.3, -0.25) is 0 Å². The first-order valence-corrected chi connectivity index (χ1v) is 14.6. The van der Waals surface area contributed by atoms with E-state index in [0.29, 0.717) is 19.1 Å². The third-order valence-corrected chi connectivity index (χ3v) is 6.19. The molecule has 0 aromatic rings. The minimum atomic E-state index is -0.434. The van der Waals surface area contributed by atoms with Gasteiger partial charge < -0.3 is 14.2 Å². The molecule has 5 nitrogen and oxygen atoms in total. The predicted molar refractivity (Wildman–Crippen MR) is 146 cm³/mol. The van der Waals surface area contributed by atoms with Crippen LogP contribution in [0.5, 0.6) is 0 Å². The van der Waals surface area contributed by atoms with E-state index in [-0.39, 0.29) is 18.6 Å². The zero-order valence-corrected chi connectivity index (χ0v) is 24.0. The van der Waals surface area contributed by atoms with Crippen molar-refractivity contribution >= 4 is 11.9 Å². The van der Waals surface area contributed by atoms with Crippen LogP contribution in [-0.4, -0.2) is 38.4 Å². The number of ether oxygens (including phenoxy) is 3. The number of unbranched alkanes of at least 4 members (excludes halogenated alkanes) is 15. The first kappa shape index (κ1) is 33.9. The van der Waals surface area contributed by atoms with Gasteiger partial charge in [0, 0.05) is 0 Å². The van der Waals surface area contributed by atoms with Crippen LogP contribution < -0.4 is 0 Å². The molecule has 1 atom stereocenters. The number of carbonyl (C=O) groups excluding carboxylic acids is 2. The van der Waals surface area contributed by atoms with Crippen molar-refractivity contribution in [1.29, 1.82) is 0 Å². The average molecular weight is 499 g/mol. The van der Waals surface area contributed by atoms with E-state index in [2.05, 4.69) is 34.6 Å². The maximum Gasteiger partial charge on any atom is 0.332 e. The Labute approximate surface area is 217 Å². The van der Waals surface area contributed by atoms with Gasteiger partial charge in [0.15, 0.2) is 0 Å². The van der Waals surface area contributed by atoms with Gasteiger partial charge in [-0.05, 0) is 24.2 Å². The largest absolute Gasteiger partial charge is 0.464 e. The fourth-order valence-corrected chi connectivity index (χ4v) is 4.48. The lowest BCUT2D eigenvalue weighted by atomic mass is 9.86. The van der Waals surface area contributed by atoms with Crippen LogP contribution in [0.3, 0.4) is 0 Å². The van der Waals surface area contributed by atoms with Crippen LogP contribution in [-0.2, 0) is 23.8 Å². The van der Waals surface area contributed by atoms with Gasteiger partial charge in [-0.1, -0.05) is 131 Å². The Balaban J connectivity index is 3.35. The minimum absolute atomic E-state index is 0.203. The summed E-state index contributed by atoms with van der Waals surface area (Å²) in [6.07, 6.45) is 22.1. The molecule has 0 spiro atoms. The SMILES string of the molecule is CCCCCCCCCCCCCCCCCCOC(=O)COCC(=O)OCC(C)CC(C)(C)C. The molecule has 0 aromatic carbocycles. The maximum absolute atomic E-state index is 11.7. The van der Waals surface area contributed by atoms with Crippen LogP contribution in [0.4, 0.5) is 0 Å². The van der Waals surface area contributed by atoms with Crippen molar-refractivity contribution in [1.82, 2.24) is 0 Å². The summed E-state index contributed by atoms with van der Waals surface area (Å²) in [6.45, 7) is 11.2. The van der Waals surface area contributed by atoms with Crippen LogP contribution in [0.15, 0.2) is 0 Å². The lowest BCUT2D eigenvalue weighted by molar-refractivity contribution is -0.156. The molecule has 0 N–H and O–H groups in total. The molecule has 0 aliphatic carbocycles. The quantitative estimate of drug-likeness (QED) is 0.0987. The molecule has 0 aliphatic rings. The van der Waals surface area contributed by atoms with Gasteiger partial charge in [0.2, 0.25) is 0 Å². The number of carbonyl (C=O) groups is 2. The van der Waals surface area contributed by atoms with Gasteiger partial charge >= 0.3 is 11.9 Å². The Hall–Kier alpha value is -1.10. The van der Waals surface area contributed by atoms with Gasteiger partial charge in [0.05, 0.1) is 13.2 Å². The first-order valence-electron chi connectivity index (χ1n) is 14.6. The van der Waals surface area contributed by atoms with Crippen molar-refractivity contribution < 1.29 is 23.8 Å². The average Bonchev–Trinajstić information content (AvgIpc) is 2.78. The number of hydrogen-bond donors (Lipinski definition) is 0. The van der Waals surface area contributed by atoms with Crippen LogP contribution in [0.2, 0.25) is 0 Å². The Kier molecular flexibility index (Phi) is 22.6. The lowest BCUT2D eigenvalue weighted by Gasteiger charge is -2.22. The van der Waals surface area contributed by atoms with E-state index in [1.54, 1.807) is 0 Å². The van der Waals surface area contributed by atoms with Gasteiger partial charge in [-0.15, -0.1) is 0 Å². The Bertz CT molecular complexity index is 497. The van der Waals surface area contributed by atoms with E-state index < -0.39 is 11.9 Å². The molecule has 35 heavy (non-hydrogen) atoms. The molecule has 5 heteroatoms. The molecule has 0 saturated carbocycles. The Morgan fingerprint density at radius 3 is 1.46 bits per heavy atom. The summed E-state index contributed by atoms with van der Waals surface area (Å²) in [5.74, 6) is -0.556. The highest BCUT2D eigenvalue weighted by molar-refractivity contribution is 5.73. The second-order valence-corrected chi connectivity index (χ2v) is 11.6. The zero-order chi connectivity index (χ0) is 26.2. The van der Waals surface area contributed by atoms with E-state index in [4.69, 9.17) is 14.2 Å². The highest BCUT2D eigenvalue weighted by Gasteiger charge is 2.17. The second-order valence-electron chi connectivity index (χ2n) is 11.6. The number of esters is 2. The molecule has 0 fully saturated rings. The summed E-state index contributed by atoms with van der Waals surface area (Å²) in [7, 11) is 0. The third kappa shape index (κ3) is 27.3. The van der Waals surface area contributed by atoms with Crippen molar-refractivity contribution in [3.8, 4) is 0 Å². The van der Waals surface area contributed by atoms with Crippen LogP contribution in [0.25, 0.3) is 0 Å². The van der Waals surface area contributed by atoms with Crippen molar-refractivity contribution in [3.63, 3.8) is 0 Å². The normalized spacial score (nSPS) is 12.5. The van der Waals surface area contributed by atoms with Gasteiger partial charge in [-0.2, -0.15) is 0 Å². The Morgan fingerprint density at radius 2 is 1.03 bits per heavy atom. The topological polar surface area (TPSA) is 61.8 Å². The third-order valence-electron chi connectivity index (χ3n) is 6.19. The Morgan fingerprint density at radius 1 is 0.629 bits per heavy atom. The van der Waals surface area contributed by atoms with Crippen LogP contribution in [0.1, 0.15) is 144 Å². The molecule has 0 bridgehead atoms. The molecule has 0 amide bonds. The van der Waals surface area contributed by atoms with E-state index in [1.807, 2.05) is 0 Å². The summed E-state index contributed by atoms with van der Waals surface area (Å²) >= 11 is 0. The second kappa shape index (κ2) is 23.3. The predicted octanol–water partition coefficient (Wildman–Crippen LogP) is 8.42. The molecular weight excluding hydrogens is 440 g/mol. The summed E-state index contributed by atoms with van der Waals surface area (Å²) in [6, 6.07) is 0. The number of rotatable bonds is 24. The maximum atomic E-state index is 11.7. The minimum Gasteiger partial charge on any atom is -0.464 e. The summed E-state index contributed by atoms with van der Waals surface area (Å²) in [5, 5.41) is 0. The van der Waals surface area contributed by atoms with Crippen LogP contribution >= 0.6 is 0 Å². The monoisotopic (exact) mass is 498 g/mol. The van der Waals surface area contributed by atoms with Gasteiger partial charge in [-0.25, -0.2) is 9.59 Å². The standard InChI is InChI=1S/C30H58O5/c1-6-7-8-9-10-11-12-13-14-15-16-17-18-19-20-21-22-34-28(31)25-33-26-29(32)35-24-27(2)23-30(3,4)5/h27H,6-26H2,1-5H3. The molecular formula is C30H58O5.